The second-order valence-electron chi connectivity index (χ2n) is 5.39. The Morgan fingerprint density at radius 1 is 1.45 bits per heavy atom. The van der Waals surface area contributed by atoms with Gasteiger partial charge >= 0.3 is 5.97 Å². The summed E-state index contributed by atoms with van der Waals surface area (Å²) in [5.74, 6) is 1.61. The highest BCUT2D eigenvalue weighted by Gasteiger charge is 2.45. The van der Waals surface area contributed by atoms with Crippen LogP contribution in [0.1, 0.15) is 45.4 Å². The summed E-state index contributed by atoms with van der Waals surface area (Å²) < 4.78 is 10.5. The zero-order chi connectivity index (χ0) is 16.4. The molecule has 2 atom stereocenters. The molecule has 0 aromatic heterocycles. The minimum atomic E-state index is -1.26. The number of rotatable bonds is 9. The van der Waals surface area contributed by atoms with E-state index in [1.165, 1.54) is 0 Å². The van der Waals surface area contributed by atoms with Crippen molar-refractivity contribution < 1.29 is 24.2 Å². The van der Waals surface area contributed by atoms with Gasteiger partial charge in [-0.05, 0) is 6.42 Å². The van der Waals surface area contributed by atoms with Gasteiger partial charge in [-0.3, -0.25) is 9.59 Å². The number of nitrogens with one attached hydrogen (secondary N) is 1. The van der Waals surface area contributed by atoms with Crippen LogP contribution in [0.15, 0.2) is 0 Å². The molecule has 1 saturated heterocycles. The first-order chi connectivity index (χ1) is 10.6. The van der Waals surface area contributed by atoms with Crippen LogP contribution in [0.2, 0.25) is 0 Å². The van der Waals surface area contributed by atoms with Gasteiger partial charge in [0.25, 0.3) is 0 Å². The Morgan fingerprint density at radius 3 is 2.86 bits per heavy atom. The van der Waals surface area contributed by atoms with Crippen molar-refractivity contribution in [3.05, 3.63) is 0 Å². The molecule has 124 valence electrons. The number of carbonyl (C=O) groups excluding carboxylic acids is 2. The number of unbranched alkanes of at least 4 members (excludes halogenated alkanes) is 3. The van der Waals surface area contributed by atoms with Crippen LogP contribution in [-0.2, 0) is 19.1 Å². The Hall–Kier alpha value is -1.58. The minimum Gasteiger partial charge on any atom is -0.457 e. The predicted octanol–water partition coefficient (Wildman–Crippen LogP) is 0.769. The maximum absolute atomic E-state index is 11.8. The topological polar surface area (TPSA) is 84.9 Å². The Bertz CT molecular complexity index is 417. The molecule has 0 radical (unpaired) electrons. The molecule has 0 saturated carbocycles. The van der Waals surface area contributed by atoms with Gasteiger partial charge in [0.2, 0.25) is 5.91 Å². The van der Waals surface area contributed by atoms with E-state index in [1.807, 2.05) is 0 Å². The van der Waals surface area contributed by atoms with Gasteiger partial charge < -0.3 is 19.9 Å². The molecule has 1 amide bonds. The standard InChI is InChI=1S/C16H25NO5/c1-3-5-6-7-8-14(19)17-11-15(20)22-13-9-10-21-16(13,4-2)12-18/h2,13,18H,3,5-12H2,1H3,(H,17,19). The van der Waals surface area contributed by atoms with Crippen LogP contribution in [0.5, 0.6) is 0 Å². The van der Waals surface area contributed by atoms with Crippen LogP contribution >= 0.6 is 0 Å². The zero-order valence-electron chi connectivity index (χ0n) is 13.1. The van der Waals surface area contributed by atoms with Crippen molar-refractivity contribution in [1.82, 2.24) is 5.32 Å². The molecular formula is C16H25NO5. The second kappa shape index (κ2) is 9.44. The molecule has 6 nitrogen and oxygen atoms in total. The first-order valence-electron chi connectivity index (χ1n) is 7.76. The third-order valence-corrected chi connectivity index (χ3v) is 3.70. The highest BCUT2D eigenvalue weighted by Crippen LogP contribution is 2.27. The molecule has 0 spiro atoms. The summed E-state index contributed by atoms with van der Waals surface area (Å²) in [5.41, 5.74) is -1.26. The second-order valence-corrected chi connectivity index (χ2v) is 5.39. The monoisotopic (exact) mass is 311 g/mol. The molecule has 22 heavy (non-hydrogen) atoms. The van der Waals surface area contributed by atoms with Gasteiger partial charge in [-0.15, -0.1) is 6.42 Å². The summed E-state index contributed by atoms with van der Waals surface area (Å²) in [6.07, 6.45) is 9.54. The molecule has 0 aromatic carbocycles. The van der Waals surface area contributed by atoms with Crippen molar-refractivity contribution in [2.45, 2.75) is 57.2 Å². The number of hydrogen-bond donors (Lipinski definition) is 2. The summed E-state index contributed by atoms with van der Waals surface area (Å²) >= 11 is 0. The molecule has 1 heterocycles. The van der Waals surface area contributed by atoms with E-state index < -0.39 is 24.3 Å². The summed E-state index contributed by atoms with van der Waals surface area (Å²) in [5, 5.41) is 11.9. The van der Waals surface area contributed by atoms with Gasteiger partial charge in [-0.1, -0.05) is 32.1 Å². The van der Waals surface area contributed by atoms with Gasteiger partial charge in [-0.25, -0.2) is 0 Å². The van der Waals surface area contributed by atoms with Crippen LogP contribution in [-0.4, -0.2) is 48.4 Å². The number of esters is 1. The first-order valence-corrected chi connectivity index (χ1v) is 7.76. The lowest BCUT2D eigenvalue weighted by Crippen LogP contribution is -2.45. The summed E-state index contributed by atoms with van der Waals surface area (Å²) in [6, 6.07) is 0. The van der Waals surface area contributed by atoms with Gasteiger partial charge in [0, 0.05) is 12.8 Å². The largest absolute Gasteiger partial charge is 0.457 e. The Morgan fingerprint density at radius 2 is 2.23 bits per heavy atom. The molecule has 1 fully saturated rings. The van der Waals surface area contributed by atoms with E-state index in [1.54, 1.807) is 0 Å². The fourth-order valence-electron chi connectivity index (χ4n) is 2.33. The smallest absolute Gasteiger partial charge is 0.325 e. The molecule has 2 N–H and O–H groups in total. The van der Waals surface area contributed by atoms with Crippen molar-refractivity contribution in [2.75, 3.05) is 19.8 Å². The quantitative estimate of drug-likeness (QED) is 0.373. The maximum atomic E-state index is 11.8. The third-order valence-electron chi connectivity index (χ3n) is 3.70. The Kier molecular flexibility index (Phi) is 7.92. The van der Waals surface area contributed by atoms with E-state index in [4.69, 9.17) is 15.9 Å². The van der Waals surface area contributed by atoms with E-state index in [0.717, 1.165) is 25.7 Å². The maximum Gasteiger partial charge on any atom is 0.325 e. The normalized spacial score (nSPS) is 23.8. The molecule has 1 aliphatic heterocycles. The molecular weight excluding hydrogens is 286 g/mol. The molecule has 2 unspecified atom stereocenters. The summed E-state index contributed by atoms with van der Waals surface area (Å²) in [6.45, 7) is 1.82. The lowest BCUT2D eigenvalue weighted by atomic mass is 9.99. The molecule has 6 heteroatoms. The average Bonchev–Trinajstić information content (AvgIpc) is 2.92. The minimum absolute atomic E-state index is 0.166. The van der Waals surface area contributed by atoms with Gasteiger partial charge in [-0.2, -0.15) is 0 Å². The van der Waals surface area contributed by atoms with Crippen LogP contribution < -0.4 is 5.32 Å². The third kappa shape index (κ3) is 5.32. The predicted molar refractivity (Wildman–Crippen MR) is 80.9 cm³/mol. The highest BCUT2D eigenvalue weighted by molar-refractivity contribution is 5.81. The average molecular weight is 311 g/mol. The Labute approximate surface area is 131 Å². The SMILES string of the molecule is C#CC1(CO)OCCC1OC(=O)CNC(=O)CCCCCC. The van der Waals surface area contributed by atoms with Crippen LogP contribution in [0.4, 0.5) is 0 Å². The number of hydrogen-bond acceptors (Lipinski definition) is 5. The Balaban J connectivity index is 2.29. The number of carbonyl (C=O) groups is 2. The van der Waals surface area contributed by atoms with E-state index >= 15 is 0 Å². The van der Waals surface area contributed by atoms with Crippen molar-refractivity contribution in [3.8, 4) is 12.3 Å². The zero-order valence-corrected chi connectivity index (χ0v) is 13.1. The number of terminal acetylenes is 1. The van der Waals surface area contributed by atoms with E-state index in [2.05, 4.69) is 18.2 Å². The first kappa shape index (κ1) is 18.5. The fourth-order valence-corrected chi connectivity index (χ4v) is 2.33. The molecule has 0 bridgehead atoms. The molecule has 1 rings (SSSR count). The van der Waals surface area contributed by atoms with E-state index in [0.29, 0.717) is 19.4 Å². The van der Waals surface area contributed by atoms with Crippen molar-refractivity contribution in [1.29, 1.82) is 0 Å². The number of amides is 1. The fraction of sp³-hybridized carbons (Fsp3) is 0.750. The highest BCUT2D eigenvalue weighted by atomic mass is 16.6. The molecule has 0 aliphatic carbocycles. The summed E-state index contributed by atoms with van der Waals surface area (Å²) in [4.78, 5) is 23.3. The van der Waals surface area contributed by atoms with E-state index in [-0.39, 0.29) is 12.5 Å². The van der Waals surface area contributed by atoms with Gasteiger partial charge in [0.15, 0.2) is 5.60 Å². The van der Waals surface area contributed by atoms with Crippen molar-refractivity contribution in [3.63, 3.8) is 0 Å². The summed E-state index contributed by atoms with van der Waals surface area (Å²) in [7, 11) is 0. The lowest BCUT2D eigenvalue weighted by Gasteiger charge is -2.26. The molecule has 0 aromatic rings. The van der Waals surface area contributed by atoms with Crippen molar-refractivity contribution in [2.24, 2.45) is 0 Å². The van der Waals surface area contributed by atoms with Crippen LogP contribution in [0.3, 0.4) is 0 Å². The van der Waals surface area contributed by atoms with Crippen molar-refractivity contribution >= 4 is 11.9 Å². The van der Waals surface area contributed by atoms with Gasteiger partial charge in [0.1, 0.15) is 12.6 Å². The van der Waals surface area contributed by atoms with E-state index in [9.17, 15) is 14.7 Å². The number of aliphatic hydroxyl groups is 1. The van der Waals surface area contributed by atoms with Crippen LogP contribution in [0.25, 0.3) is 0 Å². The number of ether oxygens (including phenoxy) is 2. The lowest BCUT2D eigenvalue weighted by molar-refractivity contribution is -0.156. The van der Waals surface area contributed by atoms with Gasteiger partial charge in [0.05, 0.1) is 13.2 Å². The van der Waals surface area contributed by atoms with Crippen LogP contribution in [0, 0.1) is 12.3 Å². The number of aliphatic hydroxyl groups excluding tert-OH is 1. The molecule has 1 aliphatic rings.